The van der Waals surface area contributed by atoms with Gasteiger partial charge in [-0.25, -0.2) is 17.9 Å². The third kappa shape index (κ3) is 3.71. The lowest BCUT2D eigenvalue weighted by Crippen LogP contribution is -2.28. The summed E-state index contributed by atoms with van der Waals surface area (Å²) < 4.78 is 27.2. The first-order chi connectivity index (χ1) is 9.62. The second kappa shape index (κ2) is 5.27. The lowest BCUT2D eigenvalue weighted by atomic mass is 10.1. The maximum atomic E-state index is 12.3. The maximum absolute atomic E-state index is 12.3. The molecule has 114 valence electrons. The Hall–Kier alpha value is -1.66. The van der Waals surface area contributed by atoms with Crippen molar-refractivity contribution in [2.24, 2.45) is 5.41 Å². The first-order valence-electron chi connectivity index (χ1n) is 6.66. The smallest absolute Gasteiger partial charge is 0.328 e. The molecule has 1 aliphatic rings. The number of rotatable bonds is 5. The molecule has 2 rings (SSSR count). The quantitative estimate of drug-likeness (QED) is 0.817. The zero-order chi connectivity index (χ0) is 15.8. The van der Waals surface area contributed by atoms with Crippen molar-refractivity contribution >= 4 is 22.1 Å². The van der Waals surface area contributed by atoms with E-state index >= 15 is 0 Å². The van der Waals surface area contributed by atoms with E-state index in [1.165, 1.54) is 12.1 Å². The van der Waals surface area contributed by atoms with Crippen LogP contribution in [0.5, 0.6) is 0 Å². The molecular formula is C15H19NO4S. The third-order valence-corrected chi connectivity index (χ3v) is 5.24. The average Bonchev–Trinajstić information content (AvgIpc) is 2.93. The Morgan fingerprint density at radius 1 is 1.43 bits per heavy atom. The highest BCUT2D eigenvalue weighted by molar-refractivity contribution is 7.89. The van der Waals surface area contributed by atoms with Gasteiger partial charge in [-0.15, -0.1) is 0 Å². The zero-order valence-electron chi connectivity index (χ0n) is 12.3. The molecule has 21 heavy (non-hydrogen) atoms. The van der Waals surface area contributed by atoms with Crippen molar-refractivity contribution < 1.29 is 18.3 Å². The summed E-state index contributed by atoms with van der Waals surface area (Å²) in [6, 6.07) is 4.64. The number of benzene rings is 1. The van der Waals surface area contributed by atoms with Crippen molar-refractivity contribution in [2.75, 3.05) is 0 Å². The van der Waals surface area contributed by atoms with Gasteiger partial charge in [0.2, 0.25) is 10.0 Å². The highest BCUT2D eigenvalue weighted by Gasteiger charge is 2.47. The number of hydrogen-bond donors (Lipinski definition) is 2. The molecule has 2 N–H and O–H groups in total. The fourth-order valence-electron chi connectivity index (χ4n) is 2.09. The van der Waals surface area contributed by atoms with Gasteiger partial charge in [0.1, 0.15) is 0 Å². The van der Waals surface area contributed by atoms with Crippen molar-refractivity contribution in [2.45, 2.75) is 38.1 Å². The van der Waals surface area contributed by atoms with Crippen molar-refractivity contribution in [3.05, 3.63) is 35.4 Å². The molecule has 5 nitrogen and oxygen atoms in total. The van der Waals surface area contributed by atoms with Gasteiger partial charge in [0.25, 0.3) is 0 Å². The SMILES string of the molecule is Cc1cc(S(=O)(=O)NC2CC2(C)C)ccc1C=CC(=O)O. The van der Waals surface area contributed by atoms with Crippen LogP contribution in [-0.2, 0) is 14.8 Å². The van der Waals surface area contributed by atoms with E-state index in [1.54, 1.807) is 19.1 Å². The summed E-state index contributed by atoms with van der Waals surface area (Å²) in [7, 11) is -3.53. The molecule has 1 aromatic rings. The second-order valence-electron chi connectivity index (χ2n) is 6.06. The summed E-state index contributed by atoms with van der Waals surface area (Å²) in [5, 5.41) is 8.61. The van der Waals surface area contributed by atoms with Gasteiger partial charge >= 0.3 is 5.97 Å². The molecule has 1 unspecified atom stereocenters. The molecule has 0 saturated heterocycles. The van der Waals surface area contributed by atoms with Gasteiger partial charge in [0.05, 0.1) is 4.90 Å². The molecule has 0 heterocycles. The Morgan fingerprint density at radius 3 is 2.52 bits per heavy atom. The molecule has 0 radical (unpaired) electrons. The molecule has 0 aromatic heterocycles. The number of aliphatic carboxylic acids is 1. The predicted molar refractivity (Wildman–Crippen MR) is 80.4 cm³/mol. The molecular weight excluding hydrogens is 290 g/mol. The lowest BCUT2D eigenvalue weighted by Gasteiger charge is -2.10. The van der Waals surface area contributed by atoms with Crippen LogP contribution in [0.25, 0.3) is 6.08 Å². The fourth-order valence-corrected chi connectivity index (χ4v) is 3.58. The minimum absolute atomic E-state index is 0.0191. The van der Waals surface area contributed by atoms with Gasteiger partial charge in [0.15, 0.2) is 0 Å². The average molecular weight is 309 g/mol. The normalized spacial score (nSPS) is 20.6. The van der Waals surface area contributed by atoms with Crippen LogP contribution in [0.4, 0.5) is 0 Å². The minimum Gasteiger partial charge on any atom is -0.478 e. The minimum atomic E-state index is -3.53. The summed E-state index contributed by atoms with van der Waals surface area (Å²) in [4.78, 5) is 10.7. The van der Waals surface area contributed by atoms with Crippen LogP contribution in [0, 0.1) is 12.3 Å². The molecule has 0 spiro atoms. The van der Waals surface area contributed by atoms with E-state index in [1.807, 2.05) is 13.8 Å². The first kappa shape index (κ1) is 15.7. The van der Waals surface area contributed by atoms with E-state index in [2.05, 4.69) is 4.72 Å². The molecule has 1 atom stereocenters. The molecule has 0 amide bonds. The van der Waals surface area contributed by atoms with Crippen molar-refractivity contribution in [1.82, 2.24) is 4.72 Å². The third-order valence-electron chi connectivity index (χ3n) is 3.77. The number of carbonyl (C=O) groups is 1. The molecule has 1 aromatic carbocycles. The van der Waals surface area contributed by atoms with E-state index in [-0.39, 0.29) is 16.4 Å². The summed E-state index contributed by atoms with van der Waals surface area (Å²) >= 11 is 0. The van der Waals surface area contributed by atoms with Crippen LogP contribution in [-0.4, -0.2) is 25.5 Å². The Labute approximate surface area is 124 Å². The molecule has 1 aliphatic carbocycles. The van der Waals surface area contributed by atoms with Crippen LogP contribution in [0.3, 0.4) is 0 Å². The molecule has 6 heteroatoms. The summed E-state index contributed by atoms with van der Waals surface area (Å²) in [5.74, 6) is -1.04. The maximum Gasteiger partial charge on any atom is 0.328 e. The zero-order valence-corrected chi connectivity index (χ0v) is 13.1. The summed E-state index contributed by atoms with van der Waals surface area (Å²) in [6.45, 7) is 5.79. The Bertz CT molecular complexity index is 704. The number of carboxylic acid groups (broad SMARTS) is 1. The van der Waals surface area contributed by atoms with Crippen LogP contribution in [0.15, 0.2) is 29.2 Å². The van der Waals surface area contributed by atoms with Gasteiger partial charge < -0.3 is 5.11 Å². The van der Waals surface area contributed by atoms with E-state index in [0.29, 0.717) is 11.1 Å². The van der Waals surface area contributed by atoms with Crippen LogP contribution in [0.2, 0.25) is 0 Å². The van der Waals surface area contributed by atoms with Crippen LogP contribution < -0.4 is 4.72 Å². The van der Waals surface area contributed by atoms with E-state index in [0.717, 1.165) is 12.5 Å². The fraction of sp³-hybridized carbons (Fsp3) is 0.400. The van der Waals surface area contributed by atoms with Gasteiger partial charge in [-0.2, -0.15) is 0 Å². The number of carboxylic acids is 1. The Balaban J connectivity index is 2.21. The number of aryl methyl sites for hydroxylation is 1. The highest BCUT2D eigenvalue weighted by atomic mass is 32.2. The molecule has 1 fully saturated rings. The van der Waals surface area contributed by atoms with Gasteiger partial charge in [-0.05, 0) is 48.1 Å². The second-order valence-corrected chi connectivity index (χ2v) is 7.77. The standard InChI is InChI=1S/C15H19NO4S/c1-10-8-12(6-4-11(10)5-7-14(17)18)21(19,20)16-13-9-15(13,2)3/h4-8,13,16H,9H2,1-3H3,(H,17,18). The summed E-state index contributed by atoms with van der Waals surface area (Å²) in [6.07, 6.45) is 3.32. The number of sulfonamides is 1. The van der Waals surface area contributed by atoms with Crippen molar-refractivity contribution in [3.63, 3.8) is 0 Å². The number of hydrogen-bond acceptors (Lipinski definition) is 3. The predicted octanol–water partition coefficient (Wildman–Crippen LogP) is 2.17. The van der Waals surface area contributed by atoms with Crippen molar-refractivity contribution in [3.8, 4) is 0 Å². The topological polar surface area (TPSA) is 83.5 Å². The highest BCUT2D eigenvalue weighted by Crippen LogP contribution is 2.45. The van der Waals surface area contributed by atoms with Crippen LogP contribution >= 0.6 is 0 Å². The Morgan fingerprint density at radius 2 is 2.05 bits per heavy atom. The van der Waals surface area contributed by atoms with E-state index in [9.17, 15) is 13.2 Å². The summed E-state index contributed by atoms with van der Waals surface area (Å²) in [5.41, 5.74) is 1.42. The first-order valence-corrected chi connectivity index (χ1v) is 8.14. The van der Waals surface area contributed by atoms with Gasteiger partial charge in [-0.1, -0.05) is 19.9 Å². The number of nitrogens with one attached hydrogen (secondary N) is 1. The van der Waals surface area contributed by atoms with Gasteiger partial charge in [-0.3, -0.25) is 0 Å². The van der Waals surface area contributed by atoms with Gasteiger partial charge in [0, 0.05) is 12.1 Å². The monoisotopic (exact) mass is 309 g/mol. The molecule has 0 aliphatic heterocycles. The lowest BCUT2D eigenvalue weighted by molar-refractivity contribution is -0.131. The van der Waals surface area contributed by atoms with Crippen molar-refractivity contribution in [1.29, 1.82) is 0 Å². The Kier molecular flexibility index (Phi) is 3.95. The van der Waals surface area contributed by atoms with E-state index < -0.39 is 16.0 Å². The molecule has 0 bridgehead atoms. The van der Waals surface area contributed by atoms with E-state index in [4.69, 9.17) is 5.11 Å². The van der Waals surface area contributed by atoms with Crippen LogP contribution in [0.1, 0.15) is 31.4 Å². The molecule has 1 saturated carbocycles. The largest absolute Gasteiger partial charge is 0.478 e.